The Kier molecular flexibility index (Phi) is 3.30. The number of nitriles is 1. The first-order valence-corrected chi connectivity index (χ1v) is 7.78. The second-order valence-corrected chi connectivity index (χ2v) is 6.06. The Hall–Kier alpha value is -2.75. The molecule has 1 aliphatic heterocycles. The number of anilines is 2. The van der Waals surface area contributed by atoms with Crippen molar-refractivity contribution in [3.8, 4) is 6.07 Å². The molecule has 0 spiro atoms. The van der Waals surface area contributed by atoms with Gasteiger partial charge in [0.25, 0.3) is 0 Å². The maximum absolute atomic E-state index is 9.12. The standard InChI is InChI=1S/C16H17N7/c1-22(14-4-5-19-15(21-14)11-2-3-11)12-9-23(10-12)16-13(8-17)18-6-7-20-16/h4-7,11-12H,2-3,9-10H2,1H3. The van der Waals surface area contributed by atoms with Crippen LogP contribution in [0.25, 0.3) is 0 Å². The van der Waals surface area contributed by atoms with Gasteiger partial charge >= 0.3 is 0 Å². The summed E-state index contributed by atoms with van der Waals surface area (Å²) in [5, 5.41) is 9.12. The molecule has 2 aromatic rings. The van der Waals surface area contributed by atoms with Crippen LogP contribution in [0.2, 0.25) is 0 Å². The Morgan fingerprint density at radius 3 is 2.70 bits per heavy atom. The summed E-state index contributed by atoms with van der Waals surface area (Å²) < 4.78 is 0. The maximum atomic E-state index is 9.12. The number of hydrogen-bond donors (Lipinski definition) is 0. The van der Waals surface area contributed by atoms with Crippen LogP contribution in [-0.2, 0) is 0 Å². The molecule has 23 heavy (non-hydrogen) atoms. The summed E-state index contributed by atoms with van der Waals surface area (Å²) in [5.41, 5.74) is 0.381. The number of hydrogen-bond acceptors (Lipinski definition) is 7. The summed E-state index contributed by atoms with van der Waals surface area (Å²) in [6.07, 6.45) is 7.42. The van der Waals surface area contributed by atoms with Crippen molar-refractivity contribution < 1.29 is 0 Å². The van der Waals surface area contributed by atoms with Crippen molar-refractivity contribution >= 4 is 11.6 Å². The van der Waals surface area contributed by atoms with Gasteiger partial charge in [0.2, 0.25) is 0 Å². The summed E-state index contributed by atoms with van der Waals surface area (Å²) in [6, 6.07) is 4.41. The largest absolute Gasteiger partial charge is 0.353 e. The monoisotopic (exact) mass is 307 g/mol. The second kappa shape index (κ2) is 5.47. The molecule has 2 aliphatic rings. The van der Waals surface area contributed by atoms with Gasteiger partial charge in [0.1, 0.15) is 17.7 Å². The van der Waals surface area contributed by atoms with Crippen LogP contribution in [0, 0.1) is 11.3 Å². The van der Waals surface area contributed by atoms with Crippen LogP contribution in [0.1, 0.15) is 30.3 Å². The van der Waals surface area contributed by atoms with Crippen molar-refractivity contribution in [1.29, 1.82) is 5.26 Å². The van der Waals surface area contributed by atoms with Crippen LogP contribution >= 0.6 is 0 Å². The van der Waals surface area contributed by atoms with E-state index in [4.69, 9.17) is 5.26 Å². The quantitative estimate of drug-likeness (QED) is 0.843. The van der Waals surface area contributed by atoms with Gasteiger partial charge in [-0.25, -0.2) is 19.9 Å². The lowest BCUT2D eigenvalue weighted by atomic mass is 10.1. The highest BCUT2D eigenvalue weighted by molar-refractivity contribution is 5.54. The smallest absolute Gasteiger partial charge is 0.183 e. The van der Waals surface area contributed by atoms with Crippen LogP contribution in [0.5, 0.6) is 0 Å². The number of likely N-dealkylation sites (N-methyl/N-ethyl adjacent to an activating group) is 1. The third-order valence-corrected chi connectivity index (χ3v) is 4.46. The predicted molar refractivity (Wildman–Crippen MR) is 85.2 cm³/mol. The van der Waals surface area contributed by atoms with E-state index in [2.05, 4.69) is 42.9 Å². The molecule has 3 heterocycles. The normalized spacial score (nSPS) is 17.5. The van der Waals surface area contributed by atoms with Gasteiger partial charge in [0.05, 0.1) is 6.04 Å². The second-order valence-electron chi connectivity index (χ2n) is 6.06. The van der Waals surface area contributed by atoms with E-state index in [0.29, 0.717) is 23.5 Å². The molecule has 116 valence electrons. The van der Waals surface area contributed by atoms with Gasteiger partial charge in [0.15, 0.2) is 11.5 Å². The van der Waals surface area contributed by atoms with Crippen LogP contribution in [0.4, 0.5) is 11.6 Å². The Bertz CT molecular complexity index is 759. The highest BCUT2D eigenvalue weighted by Crippen LogP contribution is 2.38. The first-order valence-electron chi connectivity index (χ1n) is 7.78. The first-order chi connectivity index (χ1) is 11.3. The minimum Gasteiger partial charge on any atom is -0.353 e. The van der Waals surface area contributed by atoms with Crippen LogP contribution < -0.4 is 9.80 Å². The van der Waals surface area contributed by atoms with Crippen LogP contribution in [0.3, 0.4) is 0 Å². The van der Waals surface area contributed by atoms with E-state index in [0.717, 1.165) is 24.7 Å². The summed E-state index contributed by atoms with van der Waals surface area (Å²) >= 11 is 0. The molecule has 0 amide bonds. The zero-order chi connectivity index (χ0) is 15.8. The number of aromatic nitrogens is 4. The van der Waals surface area contributed by atoms with E-state index >= 15 is 0 Å². The third-order valence-electron chi connectivity index (χ3n) is 4.46. The maximum Gasteiger partial charge on any atom is 0.183 e. The highest BCUT2D eigenvalue weighted by Gasteiger charge is 2.34. The fourth-order valence-electron chi connectivity index (χ4n) is 2.80. The Morgan fingerprint density at radius 2 is 1.96 bits per heavy atom. The minimum absolute atomic E-state index is 0.352. The summed E-state index contributed by atoms with van der Waals surface area (Å²) in [5.74, 6) is 3.15. The molecular weight excluding hydrogens is 290 g/mol. The molecular formula is C16H17N7. The fraction of sp³-hybridized carbons (Fsp3) is 0.438. The number of rotatable bonds is 4. The lowest BCUT2D eigenvalue weighted by molar-refractivity contribution is 0.488. The average Bonchev–Trinajstić information content (AvgIpc) is 3.39. The van der Waals surface area contributed by atoms with Gasteiger partial charge in [-0.05, 0) is 18.9 Å². The first kappa shape index (κ1) is 13.9. The topological polar surface area (TPSA) is 81.8 Å². The van der Waals surface area contributed by atoms with Crippen molar-refractivity contribution in [3.63, 3.8) is 0 Å². The fourth-order valence-corrected chi connectivity index (χ4v) is 2.80. The molecule has 0 unspecified atom stereocenters. The molecule has 0 radical (unpaired) electrons. The van der Waals surface area contributed by atoms with Crippen LogP contribution in [0.15, 0.2) is 24.7 Å². The average molecular weight is 307 g/mol. The van der Waals surface area contributed by atoms with Crippen LogP contribution in [-0.4, -0.2) is 46.1 Å². The van der Waals surface area contributed by atoms with Crippen molar-refractivity contribution in [2.75, 3.05) is 29.9 Å². The van der Waals surface area contributed by atoms with E-state index in [9.17, 15) is 0 Å². The van der Waals surface area contributed by atoms with Crippen molar-refractivity contribution in [1.82, 2.24) is 19.9 Å². The number of nitrogens with zero attached hydrogens (tertiary/aromatic N) is 7. The molecule has 1 saturated carbocycles. The molecule has 0 N–H and O–H groups in total. The van der Waals surface area contributed by atoms with E-state index in [-0.39, 0.29) is 0 Å². The van der Waals surface area contributed by atoms with Crippen molar-refractivity contribution in [2.24, 2.45) is 0 Å². The lowest BCUT2D eigenvalue weighted by Gasteiger charge is -2.45. The van der Waals surface area contributed by atoms with Crippen molar-refractivity contribution in [2.45, 2.75) is 24.8 Å². The molecule has 1 saturated heterocycles. The van der Waals surface area contributed by atoms with E-state index in [1.54, 1.807) is 12.4 Å². The molecule has 7 nitrogen and oxygen atoms in total. The molecule has 7 heteroatoms. The van der Waals surface area contributed by atoms with Gasteiger partial charge in [-0.1, -0.05) is 0 Å². The molecule has 2 aromatic heterocycles. The van der Waals surface area contributed by atoms with Crippen molar-refractivity contribution in [3.05, 3.63) is 36.2 Å². The van der Waals surface area contributed by atoms with E-state index < -0.39 is 0 Å². The highest BCUT2D eigenvalue weighted by atomic mass is 15.3. The molecule has 4 rings (SSSR count). The molecule has 0 aromatic carbocycles. The SMILES string of the molecule is CN(c1ccnc(C2CC2)n1)C1CN(c2nccnc2C#N)C1. The van der Waals surface area contributed by atoms with E-state index in [1.807, 2.05) is 12.3 Å². The zero-order valence-electron chi connectivity index (χ0n) is 12.9. The van der Waals surface area contributed by atoms with Gasteiger partial charge < -0.3 is 9.80 Å². The predicted octanol–water partition coefficient (Wildman–Crippen LogP) is 1.34. The van der Waals surface area contributed by atoms with Gasteiger partial charge in [-0.15, -0.1) is 0 Å². The summed E-state index contributed by atoms with van der Waals surface area (Å²) in [6.45, 7) is 1.62. The van der Waals surface area contributed by atoms with E-state index in [1.165, 1.54) is 12.8 Å². The Morgan fingerprint density at radius 1 is 1.17 bits per heavy atom. The molecule has 2 fully saturated rings. The minimum atomic E-state index is 0.352. The summed E-state index contributed by atoms with van der Waals surface area (Å²) in [4.78, 5) is 21.7. The van der Waals surface area contributed by atoms with Gasteiger partial charge in [0, 0.05) is 44.6 Å². The third kappa shape index (κ3) is 2.57. The lowest BCUT2D eigenvalue weighted by Crippen LogP contribution is -2.59. The summed E-state index contributed by atoms with van der Waals surface area (Å²) in [7, 11) is 2.06. The van der Waals surface area contributed by atoms with Gasteiger partial charge in [-0.3, -0.25) is 0 Å². The Balaban J connectivity index is 1.45. The molecule has 1 aliphatic carbocycles. The molecule has 0 bridgehead atoms. The zero-order valence-corrected chi connectivity index (χ0v) is 12.9. The molecule has 0 atom stereocenters. The van der Waals surface area contributed by atoms with Gasteiger partial charge in [-0.2, -0.15) is 5.26 Å². The Labute approximate surface area is 134 Å².